The van der Waals surface area contributed by atoms with E-state index in [0.717, 1.165) is 30.9 Å². The molecule has 1 aliphatic rings. The van der Waals surface area contributed by atoms with E-state index in [4.69, 9.17) is 5.73 Å². The van der Waals surface area contributed by atoms with Crippen LogP contribution in [-0.4, -0.2) is 41.4 Å². The maximum Gasteiger partial charge on any atom is 0.225 e. The van der Waals surface area contributed by atoms with Crippen molar-refractivity contribution in [3.63, 3.8) is 0 Å². The topological polar surface area (TPSA) is 46.3 Å². The third-order valence-corrected chi connectivity index (χ3v) is 4.10. The van der Waals surface area contributed by atoms with Crippen molar-refractivity contribution in [1.82, 2.24) is 4.90 Å². The van der Waals surface area contributed by atoms with Crippen LogP contribution >= 0.6 is 11.8 Å². The predicted molar refractivity (Wildman–Crippen MR) is 66.0 cm³/mol. The minimum atomic E-state index is 0.138. The lowest BCUT2D eigenvalue weighted by molar-refractivity contribution is -0.136. The first kappa shape index (κ1) is 12.8. The van der Waals surface area contributed by atoms with E-state index < -0.39 is 0 Å². The highest BCUT2D eigenvalue weighted by Crippen LogP contribution is 2.19. The molecule has 0 saturated carbocycles. The lowest BCUT2D eigenvalue weighted by atomic mass is 10.0. The molecule has 0 spiro atoms. The summed E-state index contributed by atoms with van der Waals surface area (Å²) in [6.07, 6.45) is 1.87. The maximum atomic E-state index is 12.1. The van der Waals surface area contributed by atoms with E-state index in [1.54, 1.807) is 0 Å². The molecular weight excluding hydrogens is 208 g/mol. The molecule has 1 amide bonds. The van der Waals surface area contributed by atoms with Crippen molar-refractivity contribution in [3.05, 3.63) is 0 Å². The highest BCUT2D eigenvalue weighted by atomic mass is 32.2. The van der Waals surface area contributed by atoms with E-state index in [1.807, 2.05) is 23.6 Å². The molecule has 2 atom stereocenters. The van der Waals surface area contributed by atoms with Gasteiger partial charge in [0.05, 0.1) is 0 Å². The van der Waals surface area contributed by atoms with Gasteiger partial charge in [-0.3, -0.25) is 4.79 Å². The van der Waals surface area contributed by atoms with Gasteiger partial charge in [-0.05, 0) is 26.3 Å². The highest BCUT2D eigenvalue weighted by Gasteiger charge is 2.26. The molecular formula is C11H22N2OS. The quantitative estimate of drug-likeness (QED) is 0.792. The van der Waals surface area contributed by atoms with Crippen molar-refractivity contribution in [2.75, 3.05) is 24.6 Å². The molecule has 0 bridgehead atoms. The second-order valence-electron chi connectivity index (χ2n) is 4.29. The Kier molecular flexibility index (Phi) is 5.47. The third-order valence-electron chi connectivity index (χ3n) is 2.91. The van der Waals surface area contributed by atoms with E-state index in [2.05, 4.69) is 6.92 Å². The summed E-state index contributed by atoms with van der Waals surface area (Å²) in [5.74, 6) is 2.62. The van der Waals surface area contributed by atoms with E-state index in [0.29, 0.717) is 18.5 Å². The zero-order valence-corrected chi connectivity index (χ0v) is 10.6. The second kappa shape index (κ2) is 6.38. The van der Waals surface area contributed by atoms with Crippen molar-refractivity contribution in [2.45, 2.75) is 32.7 Å². The van der Waals surface area contributed by atoms with Crippen molar-refractivity contribution in [1.29, 1.82) is 0 Å². The molecule has 4 heteroatoms. The van der Waals surface area contributed by atoms with Gasteiger partial charge in [0, 0.05) is 30.0 Å². The van der Waals surface area contributed by atoms with Crippen molar-refractivity contribution in [2.24, 2.45) is 11.7 Å². The summed E-state index contributed by atoms with van der Waals surface area (Å²) in [5.41, 5.74) is 5.45. The van der Waals surface area contributed by atoms with Crippen LogP contribution < -0.4 is 5.73 Å². The zero-order chi connectivity index (χ0) is 11.3. The summed E-state index contributed by atoms with van der Waals surface area (Å²) in [4.78, 5) is 14.1. The monoisotopic (exact) mass is 230 g/mol. The van der Waals surface area contributed by atoms with Gasteiger partial charge < -0.3 is 10.6 Å². The zero-order valence-electron chi connectivity index (χ0n) is 9.74. The molecule has 88 valence electrons. The largest absolute Gasteiger partial charge is 0.338 e. The normalized spacial score (nSPS) is 23.9. The molecule has 0 aromatic carbocycles. The molecule has 2 N–H and O–H groups in total. The van der Waals surface area contributed by atoms with E-state index >= 15 is 0 Å². The highest BCUT2D eigenvalue weighted by molar-refractivity contribution is 7.99. The number of rotatable bonds is 4. The summed E-state index contributed by atoms with van der Waals surface area (Å²) in [6.45, 7) is 5.76. The van der Waals surface area contributed by atoms with Crippen LogP contribution in [0.1, 0.15) is 26.7 Å². The summed E-state index contributed by atoms with van der Waals surface area (Å²) in [7, 11) is 0. The SMILES string of the molecule is CC(CCCN)C(=O)N1CCSCC1C. The minimum Gasteiger partial charge on any atom is -0.338 e. The molecule has 1 heterocycles. The molecule has 0 aromatic heterocycles. The van der Waals surface area contributed by atoms with Gasteiger partial charge in [-0.15, -0.1) is 0 Å². The number of nitrogens with zero attached hydrogens (tertiary/aromatic N) is 1. The van der Waals surface area contributed by atoms with Crippen LogP contribution in [0.4, 0.5) is 0 Å². The number of hydrogen-bond acceptors (Lipinski definition) is 3. The van der Waals surface area contributed by atoms with E-state index in [-0.39, 0.29) is 5.92 Å². The van der Waals surface area contributed by atoms with Gasteiger partial charge in [-0.2, -0.15) is 11.8 Å². The fraction of sp³-hybridized carbons (Fsp3) is 0.909. The van der Waals surface area contributed by atoms with Crippen LogP contribution in [0.5, 0.6) is 0 Å². The fourth-order valence-electron chi connectivity index (χ4n) is 1.89. The fourth-order valence-corrected chi connectivity index (χ4v) is 2.90. The van der Waals surface area contributed by atoms with Crippen molar-refractivity contribution < 1.29 is 4.79 Å². The molecule has 1 aliphatic heterocycles. The van der Waals surface area contributed by atoms with Crippen LogP contribution in [0.25, 0.3) is 0 Å². The summed E-state index contributed by atoms with van der Waals surface area (Å²) < 4.78 is 0. The summed E-state index contributed by atoms with van der Waals surface area (Å²) >= 11 is 1.94. The Labute approximate surface area is 96.8 Å². The van der Waals surface area contributed by atoms with Gasteiger partial charge >= 0.3 is 0 Å². The van der Waals surface area contributed by atoms with Crippen LogP contribution in [0.2, 0.25) is 0 Å². The third kappa shape index (κ3) is 3.68. The Bertz CT molecular complexity index is 211. The molecule has 15 heavy (non-hydrogen) atoms. The number of nitrogens with two attached hydrogens (primary N) is 1. The molecule has 1 saturated heterocycles. The van der Waals surface area contributed by atoms with Gasteiger partial charge in [-0.25, -0.2) is 0 Å². The van der Waals surface area contributed by atoms with Gasteiger partial charge in [0.25, 0.3) is 0 Å². The first-order chi connectivity index (χ1) is 7.16. The standard InChI is InChI=1S/C11H22N2OS/c1-9(4-3-5-12)11(14)13-6-7-15-8-10(13)2/h9-10H,3-8,12H2,1-2H3. The van der Waals surface area contributed by atoms with Crippen LogP contribution in [0.3, 0.4) is 0 Å². The van der Waals surface area contributed by atoms with Gasteiger partial charge in [0.15, 0.2) is 0 Å². The average molecular weight is 230 g/mol. The number of carbonyl (C=O) groups excluding carboxylic acids is 1. The lowest BCUT2D eigenvalue weighted by Crippen LogP contribution is -2.46. The summed E-state index contributed by atoms with van der Waals surface area (Å²) in [5, 5.41) is 0. The number of hydrogen-bond donors (Lipinski definition) is 1. The Morgan fingerprint density at radius 2 is 2.40 bits per heavy atom. The van der Waals surface area contributed by atoms with E-state index in [9.17, 15) is 4.79 Å². The molecule has 0 aliphatic carbocycles. The van der Waals surface area contributed by atoms with Crippen molar-refractivity contribution in [3.8, 4) is 0 Å². The predicted octanol–water partition coefficient (Wildman–Crippen LogP) is 1.33. The Balaban J connectivity index is 2.43. The Morgan fingerprint density at radius 1 is 1.67 bits per heavy atom. The van der Waals surface area contributed by atoms with Crippen LogP contribution in [0.15, 0.2) is 0 Å². The summed E-state index contributed by atoms with van der Waals surface area (Å²) in [6, 6.07) is 0.400. The van der Waals surface area contributed by atoms with Crippen LogP contribution in [0, 0.1) is 5.92 Å². The minimum absolute atomic E-state index is 0.138. The second-order valence-corrected chi connectivity index (χ2v) is 5.44. The molecule has 3 nitrogen and oxygen atoms in total. The van der Waals surface area contributed by atoms with Crippen molar-refractivity contribution >= 4 is 17.7 Å². The first-order valence-corrected chi connectivity index (χ1v) is 6.90. The van der Waals surface area contributed by atoms with Gasteiger partial charge in [0.2, 0.25) is 5.91 Å². The number of carbonyl (C=O) groups is 1. The van der Waals surface area contributed by atoms with Crippen LogP contribution in [-0.2, 0) is 4.79 Å². The molecule has 1 rings (SSSR count). The first-order valence-electron chi connectivity index (χ1n) is 5.75. The maximum absolute atomic E-state index is 12.1. The van der Waals surface area contributed by atoms with Gasteiger partial charge in [0.1, 0.15) is 0 Å². The molecule has 0 aromatic rings. The molecule has 2 unspecified atom stereocenters. The molecule has 1 fully saturated rings. The average Bonchev–Trinajstić information content (AvgIpc) is 2.25. The smallest absolute Gasteiger partial charge is 0.225 e. The Hall–Kier alpha value is -0.220. The molecule has 0 radical (unpaired) electrons. The number of amides is 1. The Morgan fingerprint density at radius 3 is 3.00 bits per heavy atom. The van der Waals surface area contributed by atoms with Gasteiger partial charge in [-0.1, -0.05) is 6.92 Å². The lowest BCUT2D eigenvalue weighted by Gasteiger charge is -2.35. The van der Waals surface area contributed by atoms with E-state index in [1.165, 1.54) is 0 Å². The number of thioether (sulfide) groups is 1.